The van der Waals surface area contributed by atoms with E-state index in [1.165, 1.54) is 12.1 Å². The quantitative estimate of drug-likeness (QED) is 0.647. The maximum absolute atomic E-state index is 13.1. The standard InChI is InChI=1S/C22H22FN3O3/c1-29-18-5-3-2-4-15(18)14-24-19-20(22(28)21(19)27)26-12-10-25(11-13-26)17-8-6-16(23)7-9-17/h2-9,24H,10-14H2,1H3. The molecule has 0 radical (unpaired) electrons. The monoisotopic (exact) mass is 395 g/mol. The zero-order chi connectivity index (χ0) is 20.4. The summed E-state index contributed by atoms with van der Waals surface area (Å²) < 4.78 is 18.5. The highest BCUT2D eigenvalue weighted by molar-refractivity contribution is 5.75. The van der Waals surface area contributed by atoms with Crippen molar-refractivity contribution in [2.24, 2.45) is 0 Å². The Morgan fingerprint density at radius 3 is 2.28 bits per heavy atom. The van der Waals surface area contributed by atoms with Crippen molar-refractivity contribution in [1.82, 2.24) is 0 Å². The maximum Gasteiger partial charge on any atom is 0.253 e. The summed E-state index contributed by atoms with van der Waals surface area (Å²) in [5.41, 5.74) is 1.78. The summed E-state index contributed by atoms with van der Waals surface area (Å²) >= 11 is 0. The summed E-state index contributed by atoms with van der Waals surface area (Å²) in [6.45, 7) is 3.02. The van der Waals surface area contributed by atoms with Crippen molar-refractivity contribution in [1.29, 1.82) is 0 Å². The van der Waals surface area contributed by atoms with Crippen LogP contribution in [0.25, 0.3) is 0 Å². The summed E-state index contributed by atoms with van der Waals surface area (Å²) in [6.07, 6.45) is 0. The van der Waals surface area contributed by atoms with Gasteiger partial charge in [-0.25, -0.2) is 4.39 Å². The van der Waals surface area contributed by atoms with Crippen LogP contribution in [0, 0.1) is 5.82 Å². The lowest BCUT2D eigenvalue weighted by Gasteiger charge is -2.38. The number of rotatable bonds is 6. The topological polar surface area (TPSA) is 61.9 Å². The van der Waals surface area contributed by atoms with Crippen molar-refractivity contribution in [3.63, 3.8) is 0 Å². The van der Waals surface area contributed by atoms with Crippen molar-refractivity contribution < 1.29 is 9.13 Å². The van der Waals surface area contributed by atoms with Gasteiger partial charge in [-0.2, -0.15) is 0 Å². The molecule has 0 atom stereocenters. The number of piperazine rings is 1. The Labute approximate surface area is 167 Å². The number of nitrogens with one attached hydrogen (secondary N) is 1. The van der Waals surface area contributed by atoms with Crippen LogP contribution in [0.1, 0.15) is 5.56 Å². The molecule has 3 aromatic rings. The van der Waals surface area contributed by atoms with E-state index >= 15 is 0 Å². The van der Waals surface area contributed by atoms with E-state index in [9.17, 15) is 14.0 Å². The highest BCUT2D eigenvalue weighted by Crippen LogP contribution is 2.25. The lowest BCUT2D eigenvalue weighted by Crippen LogP contribution is -2.51. The van der Waals surface area contributed by atoms with Gasteiger partial charge in [0.1, 0.15) is 22.9 Å². The Hall–Kier alpha value is -3.35. The van der Waals surface area contributed by atoms with Gasteiger partial charge in [-0.15, -0.1) is 0 Å². The van der Waals surface area contributed by atoms with Crippen molar-refractivity contribution in [2.45, 2.75) is 6.54 Å². The molecule has 150 valence electrons. The molecule has 0 saturated carbocycles. The van der Waals surface area contributed by atoms with Gasteiger partial charge in [-0.05, 0) is 30.3 Å². The van der Waals surface area contributed by atoms with Crippen LogP contribution >= 0.6 is 0 Å². The number of para-hydroxylation sites is 1. The molecule has 1 heterocycles. The molecule has 7 heteroatoms. The van der Waals surface area contributed by atoms with Gasteiger partial charge in [0.15, 0.2) is 0 Å². The van der Waals surface area contributed by atoms with E-state index in [1.807, 2.05) is 29.2 Å². The van der Waals surface area contributed by atoms with Gasteiger partial charge in [-0.3, -0.25) is 9.59 Å². The normalized spacial score (nSPS) is 14.3. The third-order valence-corrected chi connectivity index (χ3v) is 5.32. The Morgan fingerprint density at radius 2 is 1.59 bits per heavy atom. The van der Waals surface area contributed by atoms with Crippen LogP contribution in [-0.2, 0) is 6.54 Å². The lowest BCUT2D eigenvalue weighted by atomic mass is 10.1. The molecule has 1 aliphatic heterocycles. The molecule has 0 aromatic heterocycles. The number of halogens is 1. The summed E-state index contributed by atoms with van der Waals surface area (Å²) in [6, 6.07) is 13.9. The van der Waals surface area contributed by atoms with Gasteiger partial charge >= 0.3 is 0 Å². The molecular weight excluding hydrogens is 373 g/mol. The number of anilines is 3. The number of hydrogen-bond acceptors (Lipinski definition) is 6. The Kier molecular flexibility index (Phi) is 5.20. The molecule has 3 aromatic carbocycles. The summed E-state index contributed by atoms with van der Waals surface area (Å²) in [7, 11) is 1.60. The summed E-state index contributed by atoms with van der Waals surface area (Å²) in [5.74, 6) is 0.468. The molecule has 0 spiro atoms. The highest BCUT2D eigenvalue weighted by Gasteiger charge is 2.28. The SMILES string of the molecule is COc1ccccc1CNc1c(N2CCN(c3ccc(F)cc3)CC2)c(=O)c1=O. The predicted octanol–water partition coefficient (Wildman–Crippen LogP) is 2.37. The van der Waals surface area contributed by atoms with Crippen LogP contribution in [0.15, 0.2) is 58.1 Å². The highest BCUT2D eigenvalue weighted by atomic mass is 19.1. The second-order valence-electron chi connectivity index (χ2n) is 7.00. The first-order valence-electron chi connectivity index (χ1n) is 9.53. The number of benzene rings is 2. The third-order valence-electron chi connectivity index (χ3n) is 5.32. The van der Waals surface area contributed by atoms with Crippen LogP contribution < -0.4 is 30.7 Å². The molecular formula is C22H22FN3O3. The molecule has 1 fully saturated rings. The molecule has 0 amide bonds. The average Bonchev–Trinajstić information content (AvgIpc) is 2.77. The fourth-order valence-corrected chi connectivity index (χ4v) is 3.72. The van der Waals surface area contributed by atoms with E-state index in [0.29, 0.717) is 44.1 Å². The predicted molar refractivity (Wildman–Crippen MR) is 113 cm³/mol. The second kappa shape index (κ2) is 7.95. The molecule has 1 saturated heterocycles. The van der Waals surface area contributed by atoms with Crippen molar-refractivity contribution in [3.8, 4) is 5.75 Å². The fourth-order valence-electron chi connectivity index (χ4n) is 3.72. The van der Waals surface area contributed by atoms with Crippen molar-refractivity contribution >= 4 is 17.1 Å². The van der Waals surface area contributed by atoms with Crippen molar-refractivity contribution in [3.05, 3.63) is 80.4 Å². The van der Waals surface area contributed by atoms with Gasteiger partial charge in [0.2, 0.25) is 0 Å². The molecule has 1 N–H and O–H groups in total. The van der Waals surface area contributed by atoms with Gasteiger partial charge in [0.25, 0.3) is 10.9 Å². The van der Waals surface area contributed by atoms with E-state index in [-0.39, 0.29) is 5.82 Å². The first-order chi connectivity index (χ1) is 14.1. The van der Waals surface area contributed by atoms with Gasteiger partial charge in [0.05, 0.1) is 7.11 Å². The zero-order valence-corrected chi connectivity index (χ0v) is 16.2. The molecule has 1 aliphatic rings. The van der Waals surface area contributed by atoms with Crippen LogP contribution in [0.4, 0.5) is 21.5 Å². The zero-order valence-electron chi connectivity index (χ0n) is 16.2. The van der Waals surface area contributed by atoms with Gasteiger partial charge in [-0.1, -0.05) is 18.2 Å². The molecule has 4 rings (SSSR count). The van der Waals surface area contributed by atoms with Crippen LogP contribution in [0.5, 0.6) is 5.75 Å². The number of nitrogens with zero attached hydrogens (tertiary/aromatic N) is 2. The fraction of sp³-hybridized carbons (Fsp3) is 0.273. The maximum atomic E-state index is 13.1. The smallest absolute Gasteiger partial charge is 0.253 e. The molecule has 0 unspecified atom stereocenters. The summed E-state index contributed by atoms with van der Waals surface area (Å²) in [4.78, 5) is 28.5. The van der Waals surface area contributed by atoms with Crippen LogP contribution in [0.3, 0.4) is 0 Å². The second-order valence-corrected chi connectivity index (χ2v) is 7.00. The minimum Gasteiger partial charge on any atom is -0.496 e. The Bertz CT molecular complexity index is 1070. The third kappa shape index (κ3) is 3.68. The van der Waals surface area contributed by atoms with E-state index < -0.39 is 10.9 Å². The number of methoxy groups -OCH3 is 1. The van der Waals surface area contributed by atoms with E-state index in [1.54, 1.807) is 19.2 Å². The minimum atomic E-state index is -0.476. The average molecular weight is 395 g/mol. The largest absolute Gasteiger partial charge is 0.496 e. The van der Waals surface area contributed by atoms with E-state index in [4.69, 9.17) is 4.74 Å². The first-order valence-corrected chi connectivity index (χ1v) is 9.53. The van der Waals surface area contributed by atoms with E-state index in [0.717, 1.165) is 17.0 Å². The molecule has 0 aliphatic carbocycles. The van der Waals surface area contributed by atoms with Crippen LogP contribution in [0.2, 0.25) is 0 Å². The molecule has 6 nitrogen and oxygen atoms in total. The van der Waals surface area contributed by atoms with Crippen LogP contribution in [-0.4, -0.2) is 33.3 Å². The lowest BCUT2D eigenvalue weighted by molar-refractivity contribution is 0.410. The van der Waals surface area contributed by atoms with Gasteiger partial charge < -0.3 is 19.9 Å². The molecule has 29 heavy (non-hydrogen) atoms. The Balaban J connectivity index is 1.44. The van der Waals surface area contributed by atoms with Crippen molar-refractivity contribution in [2.75, 3.05) is 48.4 Å². The molecule has 0 bridgehead atoms. The van der Waals surface area contributed by atoms with E-state index in [2.05, 4.69) is 10.2 Å². The summed E-state index contributed by atoms with van der Waals surface area (Å²) in [5, 5.41) is 3.12. The first kappa shape index (κ1) is 19.0. The minimum absolute atomic E-state index is 0.262. The number of ether oxygens (including phenoxy) is 1. The number of hydrogen-bond donors (Lipinski definition) is 1. The van der Waals surface area contributed by atoms with Gasteiger partial charge in [0, 0.05) is 44.0 Å². The Morgan fingerprint density at radius 1 is 0.931 bits per heavy atom.